The van der Waals surface area contributed by atoms with Gasteiger partial charge in [0.25, 0.3) is 0 Å². The molecule has 1 saturated carbocycles. The van der Waals surface area contributed by atoms with Gasteiger partial charge < -0.3 is 29.7 Å². The molecule has 0 unspecified atom stereocenters. The van der Waals surface area contributed by atoms with Gasteiger partial charge in [0.15, 0.2) is 23.2 Å². The number of halogens is 1. The van der Waals surface area contributed by atoms with Gasteiger partial charge in [-0.05, 0) is 36.6 Å². The Kier molecular flexibility index (Phi) is 9.53. The van der Waals surface area contributed by atoms with E-state index in [0.29, 0.717) is 16.7 Å². The maximum Gasteiger partial charge on any atom is 0.459 e. The van der Waals surface area contributed by atoms with Crippen molar-refractivity contribution in [3.05, 3.63) is 48.8 Å². The number of hydrogen-bond donors (Lipinski definition) is 3. The summed E-state index contributed by atoms with van der Waals surface area (Å²) in [6.07, 6.45) is 3.86. The molecule has 16 heteroatoms. The van der Waals surface area contributed by atoms with Crippen molar-refractivity contribution in [3.63, 3.8) is 0 Å². The average molecular weight is 710 g/mol. The first-order chi connectivity index (χ1) is 23.6. The van der Waals surface area contributed by atoms with Crippen LogP contribution in [-0.2, 0) is 23.4 Å². The fourth-order valence-electron chi connectivity index (χ4n) is 5.65. The SMILES string of the molecule is C#C[C@@]1(F)[C@H](O)[C@@H](CO[P@](=O)(N[C@H](C)C(=O)OCC(C)(C)C)Oc2cccc3ccccc23)O[C@H]1n1cnc2c(N(C)C3CC3)nc(N)nc21. The number of anilines is 2. The lowest BCUT2D eigenvalue weighted by Crippen LogP contribution is -2.42. The number of terminal acetylenes is 1. The zero-order valence-corrected chi connectivity index (χ0v) is 29.3. The molecular formula is C34H41FN7O7P. The summed E-state index contributed by atoms with van der Waals surface area (Å²) in [5, 5.41) is 15.3. The minimum Gasteiger partial charge on any atom is -0.464 e. The number of carbonyl (C=O) groups excluding carboxylic acids is 1. The largest absolute Gasteiger partial charge is 0.464 e. The maximum absolute atomic E-state index is 16.6. The molecule has 2 fully saturated rings. The second-order valence-electron chi connectivity index (χ2n) is 13.8. The second kappa shape index (κ2) is 13.4. The van der Waals surface area contributed by atoms with Crippen molar-refractivity contribution in [1.29, 1.82) is 0 Å². The number of rotatable bonds is 12. The molecule has 6 atom stereocenters. The van der Waals surface area contributed by atoms with E-state index < -0.39 is 50.5 Å². The number of imidazole rings is 1. The molecule has 0 spiro atoms. The van der Waals surface area contributed by atoms with E-state index in [9.17, 15) is 14.5 Å². The van der Waals surface area contributed by atoms with Gasteiger partial charge in [-0.2, -0.15) is 15.1 Å². The third-order valence-electron chi connectivity index (χ3n) is 8.50. The minimum absolute atomic E-state index is 0.0712. The van der Waals surface area contributed by atoms with Crippen molar-refractivity contribution in [2.75, 3.05) is 30.9 Å². The van der Waals surface area contributed by atoms with E-state index in [4.69, 9.17) is 30.7 Å². The number of fused-ring (bicyclic) bond motifs is 2. The van der Waals surface area contributed by atoms with Gasteiger partial charge in [-0.3, -0.25) is 13.9 Å². The number of hydrogen-bond acceptors (Lipinski definition) is 12. The summed E-state index contributed by atoms with van der Waals surface area (Å²) in [7, 11) is -2.61. The first-order valence-electron chi connectivity index (χ1n) is 16.2. The predicted molar refractivity (Wildman–Crippen MR) is 185 cm³/mol. The Hall–Kier alpha value is -4.32. The van der Waals surface area contributed by atoms with Crippen LogP contribution in [0.2, 0.25) is 0 Å². The molecule has 266 valence electrons. The van der Waals surface area contributed by atoms with Gasteiger partial charge in [0.2, 0.25) is 11.6 Å². The summed E-state index contributed by atoms with van der Waals surface area (Å²) in [5.41, 5.74) is 3.41. The van der Waals surface area contributed by atoms with Crippen LogP contribution in [0.5, 0.6) is 5.75 Å². The van der Waals surface area contributed by atoms with Gasteiger partial charge in [0.05, 0.1) is 19.5 Å². The van der Waals surface area contributed by atoms with E-state index in [0.717, 1.165) is 18.2 Å². The van der Waals surface area contributed by atoms with E-state index in [1.54, 1.807) is 24.3 Å². The van der Waals surface area contributed by atoms with Gasteiger partial charge >= 0.3 is 13.7 Å². The zero-order chi connectivity index (χ0) is 36.0. The summed E-state index contributed by atoms with van der Waals surface area (Å²) < 4.78 is 55.5. The Bertz CT molecular complexity index is 1990. The summed E-state index contributed by atoms with van der Waals surface area (Å²) >= 11 is 0. The zero-order valence-electron chi connectivity index (χ0n) is 28.4. The molecule has 4 N–H and O–H groups in total. The Morgan fingerprint density at radius 2 is 2.00 bits per heavy atom. The summed E-state index contributed by atoms with van der Waals surface area (Å²) in [4.78, 5) is 27.9. The highest BCUT2D eigenvalue weighted by atomic mass is 31.2. The molecule has 2 aliphatic rings. The molecule has 1 aliphatic heterocycles. The van der Waals surface area contributed by atoms with Crippen molar-refractivity contribution >= 4 is 47.4 Å². The molecule has 0 amide bonds. The van der Waals surface area contributed by atoms with Crippen LogP contribution in [0.4, 0.5) is 16.2 Å². The van der Waals surface area contributed by atoms with Crippen LogP contribution >= 0.6 is 7.75 Å². The minimum atomic E-state index is -4.47. The number of esters is 1. The third-order valence-corrected chi connectivity index (χ3v) is 10.1. The Balaban J connectivity index is 1.27. The number of benzene rings is 2. The summed E-state index contributed by atoms with van der Waals surface area (Å²) in [6, 6.07) is 11.5. The second-order valence-corrected chi connectivity index (χ2v) is 15.5. The summed E-state index contributed by atoms with van der Waals surface area (Å²) in [6.45, 7) is 6.59. The fourth-order valence-corrected chi connectivity index (χ4v) is 7.17. The van der Waals surface area contributed by atoms with Crippen LogP contribution in [0, 0.1) is 17.8 Å². The standard InChI is InChI=1S/C34H41FN7O7P/c1-7-34(35)27(43)25(48-31(34)42-19-37-26-28(41(6)22-15-16-22)38-32(36)39-29(26)42)17-47-50(45,40-20(2)30(44)46-18-33(3,4)5)49-24-14-10-12-21-11-8-9-13-23(21)24/h1,8-14,19-20,22,25,27,31,43H,15-18H2,2-6H3,(H,40,45)(H2,36,38,39)/t20-,25-,27-,31-,34-,50-/m1/s1. The topological polar surface area (TPSA) is 176 Å². The highest BCUT2D eigenvalue weighted by Gasteiger charge is 2.58. The third kappa shape index (κ3) is 7.12. The average Bonchev–Trinajstić information content (AvgIpc) is 3.80. The molecule has 4 aromatic rings. The molecule has 1 aliphatic carbocycles. The van der Waals surface area contributed by atoms with Crippen LogP contribution in [0.1, 0.15) is 46.8 Å². The number of aromatic nitrogens is 4. The number of ether oxygens (including phenoxy) is 2. The lowest BCUT2D eigenvalue weighted by Gasteiger charge is -2.26. The highest BCUT2D eigenvalue weighted by molar-refractivity contribution is 7.52. The van der Waals surface area contributed by atoms with E-state index in [-0.39, 0.29) is 35.4 Å². The first kappa shape index (κ1) is 35.5. The lowest BCUT2D eigenvalue weighted by atomic mass is 9.97. The van der Waals surface area contributed by atoms with E-state index >= 15 is 4.39 Å². The quantitative estimate of drug-likeness (QED) is 0.106. The molecule has 14 nitrogen and oxygen atoms in total. The number of nitrogens with one attached hydrogen (secondary N) is 1. The number of aliphatic hydroxyl groups is 1. The highest BCUT2D eigenvalue weighted by Crippen LogP contribution is 2.49. The maximum atomic E-state index is 16.6. The fraction of sp³-hybridized carbons (Fsp3) is 0.471. The van der Waals surface area contributed by atoms with Crippen LogP contribution in [0.15, 0.2) is 48.8 Å². The van der Waals surface area contributed by atoms with Gasteiger partial charge in [-0.15, -0.1) is 6.42 Å². The van der Waals surface area contributed by atoms with Gasteiger partial charge in [0, 0.05) is 18.5 Å². The van der Waals surface area contributed by atoms with Crippen LogP contribution < -0.4 is 20.2 Å². The number of aliphatic hydroxyl groups excluding tert-OH is 1. The van der Waals surface area contributed by atoms with Crippen molar-refractivity contribution in [2.24, 2.45) is 5.41 Å². The number of nitrogen functional groups attached to an aromatic ring is 1. The smallest absolute Gasteiger partial charge is 0.459 e. The number of nitrogens with zero attached hydrogens (tertiary/aromatic N) is 5. The van der Waals surface area contributed by atoms with E-state index in [1.807, 2.05) is 56.8 Å². The Morgan fingerprint density at radius 3 is 2.70 bits per heavy atom. The molecular weight excluding hydrogens is 668 g/mol. The Labute approximate surface area is 289 Å². The molecule has 6 rings (SSSR count). The first-order valence-corrected chi connectivity index (χ1v) is 17.8. The number of carbonyl (C=O) groups is 1. The van der Waals surface area contributed by atoms with Crippen LogP contribution in [-0.4, -0.2) is 80.8 Å². The van der Waals surface area contributed by atoms with Gasteiger partial charge in [0.1, 0.15) is 24.0 Å². The van der Waals surface area contributed by atoms with Crippen molar-refractivity contribution in [2.45, 2.75) is 76.7 Å². The van der Waals surface area contributed by atoms with Gasteiger partial charge in [-0.25, -0.2) is 13.9 Å². The van der Waals surface area contributed by atoms with Crippen LogP contribution in [0.25, 0.3) is 21.9 Å². The molecule has 1 saturated heterocycles. The number of nitrogens with two attached hydrogens (primary N) is 1. The summed E-state index contributed by atoms with van der Waals surface area (Å²) in [5.74, 6) is 1.91. The molecule has 2 aromatic heterocycles. The molecule has 3 heterocycles. The Morgan fingerprint density at radius 1 is 1.28 bits per heavy atom. The molecule has 2 aromatic carbocycles. The van der Waals surface area contributed by atoms with Crippen LogP contribution in [0.3, 0.4) is 0 Å². The predicted octanol–water partition coefficient (Wildman–Crippen LogP) is 4.53. The van der Waals surface area contributed by atoms with Gasteiger partial charge in [-0.1, -0.05) is 63.1 Å². The van der Waals surface area contributed by atoms with Crippen molar-refractivity contribution in [1.82, 2.24) is 24.6 Å². The molecule has 0 radical (unpaired) electrons. The normalized spacial score (nSPS) is 24.1. The van der Waals surface area contributed by atoms with E-state index in [2.05, 4.69) is 20.0 Å². The van der Waals surface area contributed by atoms with Crippen molar-refractivity contribution in [3.8, 4) is 18.1 Å². The monoisotopic (exact) mass is 709 g/mol. The number of alkyl halides is 1. The molecule has 50 heavy (non-hydrogen) atoms. The molecule has 0 bridgehead atoms. The van der Waals surface area contributed by atoms with E-state index in [1.165, 1.54) is 17.8 Å². The van der Waals surface area contributed by atoms with Crippen molar-refractivity contribution < 1.29 is 37.4 Å². The lowest BCUT2D eigenvalue weighted by molar-refractivity contribution is -0.148.